The lowest BCUT2D eigenvalue weighted by Crippen LogP contribution is -2.41. The number of nitrogens with two attached hydrogens (primary N) is 1. The standard InChI is InChI=1S/C22H23ClN4O.2ClH/c23-15-8-5-14(6-9-15)7-12-21-25-19-11-10-16(28)13-18(19)22(26-21)17-3-1-2-4-20(17)27-24;;/h5-13,17,20,27-28H,1-4,24H2;2*1H/b12-7-;;. The van der Waals surface area contributed by atoms with Crippen LogP contribution in [0.5, 0.6) is 5.75 Å². The van der Waals surface area contributed by atoms with Gasteiger partial charge in [-0.25, -0.2) is 9.97 Å². The summed E-state index contributed by atoms with van der Waals surface area (Å²) in [4.78, 5) is 9.53. The first-order valence-corrected chi connectivity index (χ1v) is 9.92. The minimum absolute atomic E-state index is 0. The number of aromatic hydroxyl groups is 1. The first kappa shape index (κ1) is 24.4. The van der Waals surface area contributed by atoms with Crippen molar-refractivity contribution in [2.75, 3.05) is 0 Å². The van der Waals surface area contributed by atoms with Gasteiger partial charge < -0.3 is 5.11 Å². The highest BCUT2D eigenvalue weighted by atomic mass is 35.5. The molecular formula is C22H25Cl3N4O. The molecule has 0 radical (unpaired) electrons. The molecule has 0 amide bonds. The Kier molecular flexibility index (Phi) is 8.89. The maximum absolute atomic E-state index is 10.00. The van der Waals surface area contributed by atoms with E-state index >= 15 is 0 Å². The number of nitrogens with zero attached hydrogens (tertiary/aromatic N) is 2. The van der Waals surface area contributed by atoms with E-state index in [1.807, 2.05) is 42.5 Å². The quantitative estimate of drug-likeness (QED) is 0.349. The van der Waals surface area contributed by atoms with E-state index in [4.69, 9.17) is 22.4 Å². The molecule has 0 aliphatic heterocycles. The van der Waals surface area contributed by atoms with Gasteiger partial charge in [-0.2, -0.15) is 0 Å². The molecule has 4 rings (SSSR count). The van der Waals surface area contributed by atoms with Crippen LogP contribution in [0.4, 0.5) is 0 Å². The Labute approximate surface area is 193 Å². The summed E-state index contributed by atoms with van der Waals surface area (Å²) in [5.74, 6) is 6.87. The van der Waals surface area contributed by atoms with Crippen LogP contribution in [-0.2, 0) is 0 Å². The molecule has 4 N–H and O–H groups in total. The largest absolute Gasteiger partial charge is 0.508 e. The number of hydrogen-bond donors (Lipinski definition) is 3. The van der Waals surface area contributed by atoms with Gasteiger partial charge in [0.1, 0.15) is 5.75 Å². The number of hydrogen-bond acceptors (Lipinski definition) is 5. The predicted molar refractivity (Wildman–Crippen MR) is 128 cm³/mol. The summed E-state index contributed by atoms with van der Waals surface area (Å²) >= 11 is 5.96. The molecule has 2 aromatic carbocycles. The molecule has 2 atom stereocenters. The third-order valence-electron chi connectivity index (χ3n) is 5.35. The molecule has 8 heteroatoms. The molecule has 1 heterocycles. The van der Waals surface area contributed by atoms with Crippen molar-refractivity contribution in [3.63, 3.8) is 0 Å². The zero-order valence-electron chi connectivity index (χ0n) is 16.3. The van der Waals surface area contributed by atoms with Crippen LogP contribution < -0.4 is 11.3 Å². The Morgan fingerprint density at radius 2 is 1.73 bits per heavy atom. The van der Waals surface area contributed by atoms with Crippen LogP contribution in [-0.4, -0.2) is 21.1 Å². The predicted octanol–water partition coefficient (Wildman–Crippen LogP) is 5.49. The second kappa shape index (κ2) is 10.9. The summed E-state index contributed by atoms with van der Waals surface area (Å²) in [5, 5.41) is 11.6. The average molecular weight is 468 g/mol. The third kappa shape index (κ3) is 5.42. The monoisotopic (exact) mass is 466 g/mol. The van der Waals surface area contributed by atoms with E-state index in [0.717, 1.165) is 47.8 Å². The summed E-state index contributed by atoms with van der Waals surface area (Å²) in [6.45, 7) is 0. The number of fused-ring (bicyclic) bond motifs is 1. The number of halogens is 3. The topological polar surface area (TPSA) is 84.1 Å². The Balaban J connectivity index is 0.00000160. The number of aromatic nitrogens is 2. The van der Waals surface area contributed by atoms with E-state index in [1.54, 1.807) is 12.1 Å². The van der Waals surface area contributed by atoms with Crippen LogP contribution in [0.15, 0.2) is 42.5 Å². The maximum atomic E-state index is 10.00. The van der Waals surface area contributed by atoms with Crippen LogP contribution in [0.3, 0.4) is 0 Å². The van der Waals surface area contributed by atoms with E-state index in [2.05, 4.69) is 10.4 Å². The van der Waals surface area contributed by atoms with E-state index in [1.165, 1.54) is 0 Å². The summed E-state index contributed by atoms with van der Waals surface area (Å²) in [5.41, 5.74) is 5.75. The Morgan fingerprint density at radius 3 is 2.47 bits per heavy atom. The van der Waals surface area contributed by atoms with E-state index < -0.39 is 0 Å². The smallest absolute Gasteiger partial charge is 0.152 e. The molecule has 0 spiro atoms. The van der Waals surface area contributed by atoms with Crippen molar-refractivity contribution < 1.29 is 5.11 Å². The lowest BCUT2D eigenvalue weighted by Gasteiger charge is -2.31. The third-order valence-corrected chi connectivity index (χ3v) is 5.60. The summed E-state index contributed by atoms with van der Waals surface area (Å²) in [6.07, 6.45) is 8.21. The first-order valence-electron chi connectivity index (χ1n) is 9.54. The van der Waals surface area contributed by atoms with Gasteiger partial charge in [-0.3, -0.25) is 11.3 Å². The molecule has 2 unspecified atom stereocenters. The Morgan fingerprint density at radius 1 is 1.00 bits per heavy atom. The number of hydrazine groups is 1. The lowest BCUT2D eigenvalue weighted by molar-refractivity contribution is 0.328. The summed E-state index contributed by atoms with van der Waals surface area (Å²) < 4.78 is 0. The summed E-state index contributed by atoms with van der Waals surface area (Å²) in [6, 6.07) is 13.0. The second-order valence-corrected chi connectivity index (χ2v) is 7.65. The maximum Gasteiger partial charge on any atom is 0.152 e. The zero-order valence-corrected chi connectivity index (χ0v) is 18.7. The van der Waals surface area contributed by atoms with E-state index in [9.17, 15) is 5.11 Å². The van der Waals surface area contributed by atoms with Crippen molar-refractivity contribution in [2.45, 2.75) is 37.6 Å². The molecule has 1 aromatic heterocycles. The van der Waals surface area contributed by atoms with E-state index in [-0.39, 0.29) is 42.5 Å². The van der Waals surface area contributed by atoms with Gasteiger partial charge in [0.15, 0.2) is 5.82 Å². The highest BCUT2D eigenvalue weighted by molar-refractivity contribution is 6.30. The fourth-order valence-corrected chi connectivity index (χ4v) is 4.04. The van der Waals surface area contributed by atoms with Gasteiger partial charge in [0.25, 0.3) is 0 Å². The molecule has 1 saturated carbocycles. The van der Waals surface area contributed by atoms with Gasteiger partial charge in [-0.05, 0) is 54.8 Å². The fraction of sp³-hybridized carbons (Fsp3) is 0.273. The van der Waals surface area contributed by atoms with Crippen LogP contribution in [0.1, 0.15) is 48.7 Å². The molecule has 30 heavy (non-hydrogen) atoms. The normalized spacial score (nSPS) is 18.7. The minimum Gasteiger partial charge on any atom is -0.508 e. The van der Waals surface area contributed by atoms with Gasteiger partial charge in [0.05, 0.1) is 11.2 Å². The van der Waals surface area contributed by atoms with Crippen molar-refractivity contribution in [3.8, 4) is 5.75 Å². The minimum atomic E-state index is 0. The van der Waals surface area contributed by atoms with Gasteiger partial charge in [0.2, 0.25) is 0 Å². The van der Waals surface area contributed by atoms with Gasteiger partial charge >= 0.3 is 0 Å². The molecule has 0 bridgehead atoms. The number of phenolic OH excluding ortho intramolecular Hbond substituents is 1. The van der Waals surface area contributed by atoms with Crippen LogP contribution in [0.25, 0.3) is 23.1 Å². The van der Waals surface area contributed by atoms with Gasteiger partial charge in [-0.1, -0.05) is 42.7 Å². The van der Waals surface area contributed by atoms with Crippen molar-refractivity contribution in [1.82, 2.24) is 15.4 Å². The summed E-state index contributed by atoms with van der Waals surface area (Å²) in [7, 11) is 0. The van der Waals surface area contributed by atoms with E-state index in [0.29, 0.717) is 10.8 Å². The number of phenols is 1. The highest BCUT2D eigenvalue weighted by Gasteiger charge is 2.28. The van der Waals surface area contributed by atoms with Crippen molar-refractivity contribution in [1.29, 1.82) is 0 Å². The number of nitrogens with one attached hydrogen (secondary N) is 1. The van der Waals surface area contributed by atoms with Crippen LogP contribution in [0.2, 0.25) is 5.02 Å². The highest BCUT2D eigenvalue weighted by Crippen LogP contribution is 2.36. The van der Waals surface area contributed by atoms with Crippen molar-refractivity contribution in [2.24, 2.45) is 5.84 Å². The lowest BCUT2D eigenvalue weighted by atomic mass is 9.81. The molecular weight excluding hydrogens is 443 g/mol. The zero-order chi connectivity index (χ0) is 19.5. The van der Waals surface area contributed by atoms with Crippen LogP contribution >= 0.6 is 36.4 Å². The Bertz CT molecular complexity index is 1010. The fourth-order valence-electron chi connectivity index (χ4n) is 3.92. The van der Waals surface area contributed by atoms with Gasteiger partial charge in [0, 0.05) is 22.4 Å². The molecule has 5 nitrogen and oxygen atoms in total. The van der Waals surface area contributed by atoms with Crippen LogP contribution in [0, 0.1) is 0 Å². The van der Waals surface area contributed by atoms with Crippen molar-refractivity contribution in [3.05, 3.63) is 64.6 Å². The SMILES string of the molecule is Cl.Cl.NNC1CCCCC1c1nc(/C=C\c2ccc(Cl)cc2)nc2ccc(O)cc12. The second-order valence-electron chi connectivity index (χ2n) is 7.22. The Hall–Kier alpha value is -1.89. The molecule has 3 aromatic rings. The molecule has 1 aliphatic carbocycles. The van der Waals surface area contributed by atoms with Crippen molar-refractivity contribution >= 4 is 59.5 Å². The molecule has 0 saturated heterocycles. The molecule has 1 fully saturated rings. The molecule has 160 valence electrons. The first-order chi connectivity index (χ1) is 13.6. The number of benzene rings is 2. The molecule has 1 aliphatic rings. The van der Waals surface area contributed by atoms with Gasteiger partial charge in [-0.15, -0.1) is 24.8 Å². The number of rotatable bonds is 4. The average Bonchev–Trinajstić information content (AvgIpc) is 2.73.